The lowest BCUT2D eigenvalue weighted by atomic mass is 10.2. The van der Waals surface area contributed by atoms with Crippen molar-refractivity contribution < 1.29 is 27.8 Å². The van der Waals surface area contributed by atoms with E-state index in [2.05, 4.69) is 0 Å². The normalized spacial score (nSPS) is 12.3. The van der Waals surface area contributed by atoms with Crippen molar-refractivity contribution >= 4 is 18.3 Å². The number of aliphatic hydroxyl groups is 1. The Morgan fingerprint density at radius 1 is 1.41 bits per heavy atom. The second kappa shape index (κ2) is 8.82. The van der Waals surface area contributed by atoms with Gasteiger partial charge in [-0.1, -0.05) is 12.1 Å². The number of carbonyl (C=O) groups is 1. The highest BCUT2D eigenvalue weighted by Crippen LogP contribution is 2.35. The number of nitrogens with two attached hydrogens (primary N) is 1. The van der Waals surface area contributed by atoms with Gasteiger partial charge in [-0.2, -0.15) is 13.2 Å². The fourth-order valence-corrected chi connectivity index (χ4v) is 1.64. The topological polar surface area (TPSA) is 75.8 Å². The molecule has 1 aromatic carbocycles. The van der Waals surface area contributed by atoms with Gasteiger partial charge in [0.2, 0.25) is 5.91 Å². The van der Waals surface area contributed by atoms with Crippen molar-refractivity contribution in [2.75, 3.05) is 26.7 Å². The van der Waals surface area contributed by atoms with Crippen molar-refractivity contribution in [2.45, 2.75) is 12.3 Å². The number of nitrogens with zero attached hydrogens (tertiary/aromatic N) is 1. The Morgan fingerprint density at radius 3 is 2.55 bits per heavy atom. The van der Waals surface area contributed by atoms with Crippen LogP contribution in [0, 0.1) is 0 Å². The molecule has 0 saturated heterocycles. The van der Waals surface area contributed by atoms with Crippen LogP contribution in [0.4, 0.5) is 13.2 Å². The molecule has 0 aliphatic heterocycles. The van der Waals surface area contributed by atoms with Crippen LogP contribution in [0.2, 0.25) is 0 Å². The second-order valence-electron chi connectivity index (χ2n) is 4.44. The number of ether oxygens (including phenoxy) is 1. The van der Waals surface area contributed by atoms with Gasteiger partial charge in [-0.3, -0.25) is 4.79 Å². The Morgan fingerprint density at radius 2 is 2.00 bits per heavy atom. The van der Waals surface area contributed by atoms with Crippen LogP contribution in [0.25, 0.3) is 0 Å². The monoisotopic (exact) mass is 342 g/mol. The number of likely N-dealkylation sites (N-methyl/N-ethyl adjacent to an activating group) is 1. The van der Waals surface area contributed by atoms with Crippen LogP contribution in [-0.2, 0) is 11.0 Å². The number of aliphatic hydroxyl groups excluding tert-OH is 1. The number of hydrogen-bond donors (Lipinski definition) is 2. The van der Waals surface area contributed by atoms with E-state index in [1.165, 1.54) is 30.1 Å². The predicted molar refractivity (Wildman–Crippen MR) is 76.9 cm³/mol. The molecular formula is C13H18ClF3N2O3. The Hall–Kier alpha value is -1.51. The molecule has 126 valence electrons. The molecule has 0 aliphatic rings. The summed E-state index contributed by atoms with van der Waals surface area (Å²) in [6.07, 6.45) is -5.65. The third kappa shape index (κ3) is 6.08. The zero-order valence-electron chi connectivity index (χ0n) is 11.8. The van der Waals surface area contributed by atoms with Crippen molar-refractivity contribution in [3.05, 3.63) is 29.8 Å². The molecule has 1 amide bonds. The van der Waals surface area contributed by atoms with Crippen LogP contribution in [0.1, 0.15) is 5.56 Å². The highest BCUT2D eigenvalue weighted by molar-refractivity contribution is 5.85. The standard InChI is InChI=1S/C13H17F3N2O3.ClH/c1-18(12(20)6-17)7-9(19)8-21-11-5-3-2-4-10(11)13(14,15)16;/h2-5,9,19H,6-8,17H2,1H3;1H. The molecule has 0 radical (unpaired) electrons. The first-order valence-corrected chi connectivity index (χ1v) is 6.16. The Kier molecular flexibility index (Phi) is 8.21. The Balaban J connectivity index is 0.00000441. The van der Waals surface area contributed by atoms with Gasteiger partial charge in [-0.25, -0.2) is 0 Å². The molecule has 1 atom stereocenters. The molecule has 22 heavy (non-hydrogen) atoms. The SMILES string of the molecule is CN(CC(O)COc1ccccc1C(F)(F)F)C(=O)CN.Cl. The molecule has 0 heterocycles. The van der Waals surface area contributed by atoms with Crippen LogP contribution < -0.4 is 10.5 Å². The van der Waals surface area contributed by atoms with E-state index in [1.54, 1.807) is 0 Å². The molecule has 1 aromatic rings. The number of rotatable bonds is 6. The van der Waals surface area contributed by atoms with Crippen molar-refractivity contribution in [1.29, 1.82) is 0 Å². The molecule has 1 unspecified atom stereocenters. The number of halogens is 4. The number of hydrogen-bond acceptors (Lipinski definition) is 4. The average Bonchev–Trinajstić information content (AvgIpc) is 2.43. The molecule has 0 fully saturated rings. The Labute approximate surface area is 132 Å². The molecule has 0 bridgehead atoms. The lowest BCUT2D eigenvalue weighted by molar-refractivity contribution is -0.139. The zero-order valence-corrected chi connectivity index (χ0v) is 12.7. The highest BCUT2D eigenvalue weighted by atomic mass is 35.5. The maximum absolute atomic E-state index is 12.7. The van der Waals surface area contributed by atoms with Gasteiger partial charge in [0, 0.05) is 13.6 Å². The molecule has 9 heteroatoms. The quantitative estimate of drug-likeness (QED) is 0.816. The molecule has 0 aliphatic carbocycles. The van der Waals surface area contributed by atoms with Crippen molar-refractivity contribution in [2.24, 2.45) is 5.73 Å². The maximum atomic E-state index is 12.7. The van der Waals surface area contributed by atoms with Gasteiger partial charge in [-0.15, -0.1) is 12.4 Å². The van der Waals surface area contributed by atoms with E-state index in [0.29, 0.717) is 0 Å². The van der Waals surface area contributed by atoms with Crippen LogP contribution in [-0.4, -0.2) is 48.8 Å². The summed E-state index contributed by atoms with van der Waals surface area (Å²) in [6, 6.07) is 4.72. The first-order chi connectivity index (χ1) is 9.75. The first-order valence-electron chi connectivity index (χ1n) is 6.16. The van der Waals surface area contributed by atoms with Gasteiger partial charge < -0.3 is 20.5 Å². The number of amides is 1. The van der Waals surface area contributed by atoms with E-state index >= 15 is 0 Å². The number of alkyl halides is 3. The lowest BCUT2D eigenvalue weighted by Gasteiger charge is -2.21. The van der Waals surface area contributed by atoms with Gasteiger partial charge in [0.15, 0.2) is 0 Å². The fraction of sp³-hybridized carbons (Fsp3) is 0.462. The molecule has 5 nitrogen and oxygen atoms in total. The van der Waals surface area contributed by atoms with Gasteiger partial charge in [0.05, 0.1) is 12.1 Å². The first kappa shape index (κ1) is 20.5. The smallest absolute Gasteiger partial charge is 0.419 e. The third-order valence-electron chi connectivity index (χ3n) is 2.71. The van der Waals surface area contributed by atoms with Crippen LogP contribution in [0.5, 0.6) is 5.75 Å². The summed E-state index contributed by atoms with van der Waals surface area (Å²) in [5.74, 6) is -0.749. The summed E-state index contributed by atoms with van der Waals surface area (Å²) in [4.78, 5) is 12.4. The number of para-hydroxylation sites is 1. The van der Waals surface area contributed by atoms with Crippen LogP contribution in [0.3, 0.4) is 0 Å². The van der Waals surface area contributed by atoms with Gasteiger partial charge in [0.1, 0.15) is 18.5 Å². The minimum absolute atomic E-state index is 0. The Bertz CT molecular complexity index is 486. The van der Waals surface area contributed by atoms with E-state index < -0.39 is 17.8 Å². The summed E-state index contributed by atoms with van der Waals surface area (Å²) in [7, 11) is 1.43. The van der Waals surface area contributed by atoms with Crippen molar-refractivity contribution in [3.8, 4) is 5.75 Å². The third-order valence-corrected chi connectivity index (χ3v) is 2.71. The van der Waals surface area contributed by atoms with Gasteiger partial charge >= 0.3 is 6.18 Å². The van der Waals surface area contributed by atoms with E-state index in [-0.39, 0.29) is 43.8 Å². The number of benzene rings is 1. The van der Waals surface area contributed by atoms with E-state index in [1.807, 2.05) is 0 Å². The van der Waals surface area contributed by atoms with Crippen molar-refractivity contribution in [3.63, 3.8) is 0 Å². The second-order valence-corrected chi connectivity index (χ2v) is 4.44. The maximum Gasteiger partial charge on any atom is 0.419 e. The largest absolute Gasteiger partial charge is 0.490 e. The van der Waals surface area contributed by atoms with Gasteiger partial charge in [0.25, 0.3) is 0 Å². The molecular weight excluding hydrogens is 325 g/mol. The van der Waals surface area contributed by atoms with Gasteiger partial charge in [-0.05, 0) is 12.1 Å². The van der Waals surface area contributed by atoms with Crippen molar-refractivity contribution in [1.82, 2.24) is 4.90 Å². The van der Waals surface area contributed by atoms with E-state index in [0.717, 1.165) is 6.07 Å². The summed E-state index contributed by atoms with van der Waals surface area (Å²) in [5, 5.41) is 9.68. The minimum atomic E-state index is -4.53. The zero-order chi connectivity index (χ0) is 16.0. The summed E-state index contributed by atoms with van der Waals surface area (Å²) >= 11 is 0. The minimum Gasteiger partial charge on any atom is -0.490 e. The number of carbonyl (C=O) groups excluding carboxylic acids is 1. The average molecular weight is 343 g/mol. The molecule has 3 N–H and O–H groups in total. The van der Waals surface area contributed by atoms with Crippen LogP contribution in [0.15, 0.2) is 24.3 Å². The van der Waals surface area contributed by atoms with Crippen LogP contribution >= 0.6 is 12.4 Å². The van der Waals surface area contributed by atoms with E-state index in [4.69, 9.17) is 10.5 Å². The molecule has 1 rings (SSSR count). The highest BCUT2D eigenvalue weighted by Gasteiger charge is 2.34. The molecule has 0 saturated carbocycles. The molecule has 0 spiro atoms. The fourth-order valence-electron chi connectivity index (χ4n) is 1.64. The molecule has 0 aromatic heterocycles. The summed E-state index contributed by atoms with van der Waals surface area (Å²) in [5.41, 5.74) is 4.24. The summed E-state index contributed by atoms with van der Waals surface area (Å²) in [6.45, 7) is -0.652. The lowest BCUT2D eigenvalue weighted by Crippen LogP contribution is -2.40. The predicted octanol–water partition coefficient (Wildman–Crippen LogP) is 1.28. The van der Waals surface area contributed by atoms with E-state index in [9.17, 15) is 23.1 Å². The summed E-state index contributed by atoms with van der Waals surface area (Å²) < 4.78 is 43.2.